The molecule has 0 bridgehead atoms. The number of nitrogens with zero attached hydrogens (tertiary/aromatic N) is 2. The monoisotopic (exact) mass is 724 g/mol. The van der Waals surface area contributed by atoms with E-state index < -0.39 is 29.9 Å². The Morgan fingerprint density at radius 1 is 0.604 bits per heavy atom. The molecule has 0 fully saturated rings. The lowest BCUT2D eigenvalue weighted by Crippen LogP contribution is -2.18. The second-order valence-electron chi connectivity index (χ2n) is 11.2. The molecule has 0 saturated carbocycles. The van der Waals surface area contributed by atoms with Gasteiger partial charge in [0.2, 0.25) is 0 Å². The third-order valence-corrected chi connectivity index (χ3v) is 7.79. The Balaban J connectivity index is 1.22. The number of nitrogens with one attached hydrogen (secondary N) is 2. The van der Waals surface area contributed by atoms with Crippen molar-refractivity contribution < 1.29 is 46.1 Å². The normalized spacial score (nSPS) is 11.0. The topological polar surface area (TPSA) is 121 Å². The maximum atomic E-state index is 15.3. The van der Waals surface area contributed by atoms with Crippen LogP contribution in [0.15, 0.2) is 122 Å². The summed E-state index contributed by atoms with van der Waals surface area (Å²) in [5, 5.41) is 5.55. The summed E-state index contributed by atoms with van der Waals surface area (Å²) < 4.78 is 75.8. The fraction of sp³-hybridized carbons (Fsp3) is 0.0769. The van der Waals surface area contributed by atoms with Gasteiger partial charge >= 0.3 is 18.3 Å². The first-order chi connectivity index (χ1) is 25.5. The summed E-state index contributed by atoms with van der Waals surface area (Å²) in [6.07, 6.45) is -0.100. The van der Waals surface area contributed by atoms with Gasteiger partial charge in [-0.05, 0) is 82.9 Å². The molecule has 0 saturated heterocycles. The van der Waals surface area contributed by atoms with E-state index in [4.69, 9.17) is 14.2 Å². The lowest BCUT2D eigenvalue weighted by atomic mass is 10.0. The van der Waals surface area contributed by atoms with Crippen molar-refractivity contribution in [2.45, 2.75) is 6.36 Å². The third kappa shape index (κ3) is 8.68. The standard InChI is InChI=1S/C39H28F4N4O6/c1-50-27-7-3-5-23(17-27)25-9-11-32(31(40)19-25)46-34-21-44-15-13-29(34)37(48)52-38(49)30-14-16-45-22-35(30)47-33-12-10-26(20-36(33)53-39(41,42)43)24-6-4-8-28(18-24)51-2/h3-22,46-47H,1-2H3. The molecule has 0 aliphatic heterocycles. The SMILES string of the molecule is COc1cccc(-c2ccc(Nc3cnccc3C(=O)OC(=O)c3ccncc3Nc3ccc(-c4cccc(OC)c4)cc3OC(F)(F)F)c(F)c2)c1. The number of hydrogen-bond acceptors (Lipinski definition) is 10. The number of esters is 2. The number of hydrogen-bond donors (Lipinski definition) is 2. The number of benzene rings is 4. The lowest BCUT2D eigenvalue weighted by molar-refractivity contribution is -0.274. The van der Waals surface area contributed by atoms with Crippen molar-refractivity contribution in [2.75, 3.05) is 24.9 Å². The van der Waals surface area contributed by atoms with Gasteiger partial charge in [-0.2, -0.15) is 0 Å². The lowest BCUT2D eigenvalue weighted by Gasteiger charge is -2.17. The van der Waals surface area contributed by atoms with E-state index in [1.165, 1.54) is 75.4 Å². The van der Waals surface area contributed by atoms with E-state index in [1.54, 1.807) is 60.7 Å². The zero-order valence-electron chi connectivity index (χ0n) is 27.9. The van der Waals surface area contributed by atoms with Crippen molar-refractivity contribution in [1.82, 2.24) is 9.97 Å². The highest BCUT2D eigenvalue weighted by atomic mass is 19.4. The van der Waals surface area contributed by atoms with Gasteiger partial charge in [0, 0.05) is 12.4 Å². The predicted octanol–water partition coefficient (Wildman–Crippen LogP) is 9.35. The third-order valence-electron chi connectivity index (χ3n) is 7.79. The fourth-order valence-electron chi connectivity index (χ4n) is 5.24. The molecule has 10 nitrogen and oxygen atoms in total. The Labute approximate surface area is 300 Å². The Morgan fingerprint density at radius 2 is 1.09 bits per heavy atom. The number of rotatable bonds is 11. The minimum atomic E-state index is -5.05. The number of carbonyl (C=O) groups excluding carboxylic acids is 2. The summed E-state index contributed by atoms with van der Waals surface area (Å²) in [6.45, 7) is 0. The van der Waals surface area contributed by atoms with Crippen LogP contribution in [0.4, 0.5) is 40.3 Å². The van der Waals surface area contributed by atoms with Crippen LogP contribution >= 0.6 is 0 Å². The Morgan fingerprint density at radius 3 is 1.60 bits per heavy atom. The maximum absolute atomic E-state index is 15.3. The molecule has 2 N–H and O–H groups in total. The van der Waals surface area contributed by atoms with E-state index in [0.29, 0.717) is 28.2 Å². The van der Waals surface area contributed by atoms with Crippen LogP contribution in [0.5, 0.6) is 17.2 Å². The van der Waals surface area contributed by atoms with E-state index in [0.717, 1.165) is 5.56 Å². The predicted molar refractivity (Wildman–Crippen MR) is 188 cm³/mol. The van der Waals surface area contributed by atoms with E-state index in [9.17, 15) is 22.8 Å². The number of methoxy groups -OCH3 is 2. The Hall–Kier alpha value is -6.96. The van der Waals surface area contributed by atoms with Gasteiger partial charge in [-0.25, -0.2) is 14.0 Å². The molecule has 2 heterocycles. The van der Waals surface area contributed by atoms with Crippen molar-refractivity contribution in [3.8, 4) is 39.5 Å². The smallest absolute Gasteiger partial charge is 0.497 e. The summed E-state index contributed by atoms with van der Waals surface area (Å²) >= 11 is 0. The molecule has 0 aliphatic rings. The first kappa shape index (κ1) is 35.9. The fourth-order valence-corrected chi connectivity index (χ4v) is 5.24. The van der Waals surface area contributed by atoms with Crippen LogP contribution in [-0.4, -0.2) is 42.5 Å². The molecule has 4 aromatic carbocycles. The zero-order valence-corrected chi connectivity index (χ0v) is 27.9. The molecule has 0 unspecified atom stereocenters. The minimum Gasteiger partial charge on any atom is -0.497 e. The second-order valence-corrected chi connectivity index (χ2v) is 11.2. The number of alkyl halides is 3. The van der Waals surface area contributed by atoms with Crippen molar-refractivity contribution >= 4 is 34.7 Å². The molecule has 0 spiro atoms. The van der Waals surface area contributed by atoms with Gasteiger partial charge < -0.3 is 29.6 Å². The molecule has 0 atom stereocenters. The van der Waals surface area contributed by atoms with Gasteiger partial charge in [0.15, 0.2) is 5.75 Å². The largest absolute Gasteiger partial charge is 0.573 e. The molecule has 0 amide bonds. The van der Waals surface area contributed by atoms with Gasteiger partial charge in [0.25, 0.3) is 0 Å². The van der Waals surface area contributed by atoms with Crippen LogP contribution in [0.25, 0.3) is 22.3 Å². The summed E-state index contributed by atoms with van der Waals surface area (Å²) in [5.41, 5.74) is 1.67. The number of pyridine rings is 2. The van der Waals surface area contributed by atoms with E-state index >= 15 is 4.39 Å². The number of halogens is 4. The van der Waals surface area contributed by atoms with Crippen molar-refractivity contribution in [3.05, 3.63) is 139 Å². The summed E-state index contributed by atoms with van der Waals surface area (Å²) in [5.74, 6) is -2.40. The molecule has 14 heteroatoms. The van der Waals surface area contributed by atoms with Gasteiger partial charge in [-0.1, -0.05) is 36.4 Å². The Kier molecular flexibility index (Phi) is 10.5. The Bertz CT molecular complexity index is 2300. The van der Waals surface area contributed by atoms with E-state index in [2.05, 4.69) is 25.3 Å². The van der Waals surface area contributed by atoms with E-state index in [-0.39, 0.29) is 33.9 Å². The first-order valence-corrected chi connectivity index (χ1v) is 15.7. The highest BCUT2D eigenvalue weighted by molar-refractivity contribution is 6.07. The highest BCUT2D eigenvalue weighted by Crippen LogP contribution is 2.38. The van der Waals surface area contributed by atoms with Crippen LogP contribution < -0.4 is 24.8 Å². The summed E-state index contributed by atoms with van der Waals surface area (Å²) in [7, 11) is 2.99. The summed E-state index contributed by atoms with van der Waals surface area (Å²) in [6, 6.07) is 24.8. The van der Waals surface area contributed by atoms with Crippen molar-refractivity contribution in [2.24, 2.45) is 0 Å². The molecular formula is C39H28F4N4O6. The van der Waals surface area contributed by atoms with Gasteiger partial charge in [-0.3, -0.25) is 9.97 Å². The minimum absolute atomic E-state index is 0.0138. The zero-order chi connectivity index (χ0) is 37.5. The van der Waals surface area contributed by atoms with Crippen LogP contribution in [0.2, 0.25) is 0 Å². The molecule has 6 rings (SSSR count). The number of carbonyl (C=O) groups is 2. The average Bonchev–Trinajstić information content (AvgIpc) is 3.16. The first-order valence-electron chi connectivity index (χ1n) is 15.7. The molecular weight excluding hydrogens is 696 g/mol. The van der Waals surface area contributed by atoms with Gasteiger partial charge in [0.05, 0.1) is 60.5 Å². The quantitative estimate of drug-likeness (QED) is 0.0760. The summed E-state index contributed by atoms with van der Waals surface area (Å²) in [4.78, 5) is 34.6. The molecule has 2 aromatic heterocycles. The number of ether oxygens (including phenoxy) is 4. The van der Waals surface area contributed by atoms with Crippen LogP contribution in [-0.2, 0) is 4.74 Å². The van der Waals surface area contributed by atoms with Crippen molar-refractivity contribution in [1.29, 1.82) is 0 Å². The average molecular weight is 725 g/mol. The van der Waals surface area contributed by atoms with Crippen molar-refractivity contribution in [3.63, 3.8) is 0 Å². The van der Waals surface area contributed by atoms with Crippen LogP contribution in [0.1, 0.15) is 20.7 Å². The second kappa shape index (κ2) is 15.5. The number of anilines is 4. The van der Waals surface area contributed by atoms with Gasteiger partial charge in [-0.15, -0.1) is 13.2 Å². The molecule has 0 radical (unpaired) electrons. The van der Waals surface area contributed by atoms with Crippen LogP contribution in [0, 0.1) is 5.82 Å². The van der Waals surface area contributed by atoms with Gasteiger partial charge in [0.1, 0.15) is 17.3 Å². The molecule has 6 aromatic rings. The maximum Gasteiger partial charge on any atom is 0.573 e. The molecule has 53 heavy (non-hydrogen) atoms. The highest BCUT2D eigenvalue weighted by Gasteiger charge is 2.33. The van der Waals surface area contributed by atoms with E-state index in [1.807, 2.05) is 0 Å². The number of aromatic nitrogens is 2. The molecule has 268 valence electrons. The molecule has 0 aliphatic carbocycles. The van der Waals surface area contributed by atoms with Crippen LogP contribution in [0.3, 0.4) is 0 Å².